The molecule has 6 atom stereocenters. The number of carbonyl (C=O) groups excluding carboxylic acids is 1. The Balaban J connectivity index is 1.44. The highest BCUT2D eigenvalue weighted by molar-refractivity contribution is 7.98. The van der Waals surface area contributed by atoms with Crippen molar-refractivity contribution in [3.8, 4) is 11.6 Å². The van der Waals surface area contributed by atoms with Crippen molar-refractivity contribution in [2.75, 3.05) is 37.6 Å². The highest BCUT2D eigenvalue weighted by Gasteiger charge is 2.54. The van der Waals surface area contributed by atoms with Gasteiger partial charge < -0.3 is 34.7 Å². The molecule has 0 aliphatic carbocycles. The first-order valence-corrected chi connectivity index (χ1v) is 19.1. The molecule has 1 aliphatic heterocycles. The van der Waals surface area contributed by atoms with Crippen LogP contribution in [0.25, 0.3) is 21.9 Å². The van der Waals surface area contributed by atoms with Crippen molar-refractivity contribution >= 4 is 53.4 Å². The number of nitrogens with zero attached hydrogens (tertiary/aromatic N) is 4. The lowest BCUT2D eigenvalue weighted by atomic mass is 9.96. The maximum atomic E-state index is 14.7. The number of anilines is 1. The quantitative estimate of drug-likeness (QED) is 0.0984. The number of thioether (sulfide) groups is 1. The van der Waals surface area contributed by atoms with Gasteiger partial charge in [0.25, 0.3) is 0 Å². The summed E-state index contributed by atoms with van der Waals surface area (Å²) in [6, 6.07) is 11.6. The van der Waals surface area contributed by atoms with E-state index in [9.17, 15) is 19.6 Å². The van der Waals surface area contributed by atoms with E-state index in [0.29, 0.717) is 17.7 Å². The Morgan fingerprint density at radius 2 is 1.96 bits per heavy atom. The first-order chi connectivity index (χ1) is 23.7. The molecule has 0 radical (unpaired) electrons. The number of hydrogen-bond acceptors (Lipinski definition) is 14. The summed E-state index contributed by atoms with van der Waals surface area (Å²) in [5, 5.41) is 27.2. The largest absolute Gasteiger partial charge is 0.476 e. The van der Waals surface area contributed by atoms with Gasteiger partial charge in [0, 0.05) is 5.39 Å². The summed E-state index contributed by atoms with van der Waals surface area (Å²) in [7, 11) is -4.43. The molecule has 272 valence electrons. The third-order valence-corrected chi connectivity index (χ3v) is 10.1. The van der Waals surface area contributed by atoms with Crippen LogP contribution in [0.4, 0.5) is 5.95 Å². The number of imidazole rings is 1. The molecule has 2 unspecified atom stereocenters. The first kappa shape index (κ1) is 37.7. The fourth-order valence-corrected chi connectivity index (χ4v) is 7.44. The molecule has 50 heavy (non-hydrogen) atoms. The van der Waals surface area contributed by atoms with Crippen molar-refractivity contribution in [1.82, 2.24) is 24.6 Å². The number of fused-ring (bicyclic) bond motifs is 2. The molecule has 5 N–H and O–H groups in total. The number of benzene rings is 2. The van der Waals surface area contributed by atoms with Crippen molar-refractivity contribution < 1.29 is 42.8 Å². The fraction of sp³-hybridized carbons (Fsp3) is 0.515. The summed E-state index contributed by atoms with van der Waals surface area (Å²) in [6.07, 6.45) is -0.465. The zero-order chi connectivity index (χ0) is 36.3. The Bertz CT molecular complexity index is 1850. The molecule has 0 amide bonds. The van der Waals surface area contributed by atoms with E-state index in [1.165, 1.54) is 29.6 Å². The first-order valence-electron chi connectivity index (χ1n) is 16.2. The lowest BCUT2D eigenvalue weighted by Crippen LogP contribution is -2.44. The number of ether oxygens (including phenoxy) is 3. The second-order valence-electron chi connectivity index (χ2n) is 13.3. The Hall–Kier alpha value is -3.50. The molecule has 1 fully saturated rings. The molecular weight excluding hydrogens is 687 g/mol. The Labute approximate surface area is 294 Å². The standard InChI is InChI=1S/C33H45N6O9PS/c1-7-44-28-25-27(36-31(34)37-28)39(19-35-25)30-33(5,42)26(40)24(47-30)17-46-49(43,48-23-14-10-12-20-11-8-9-13-21(20)23)38-22(15-16-50-6)29(41)45-18-32(2,3)4/h8-14,19,22,24,26,30,40,42H,7,15-18H2,1-6H3,(H,38,43)(H2,34,36,37)/t22-,24+,26+,30?,33+,49?/m0/s1. The summed E-state index contributed by atoms with van der Waals surface area (Å²) < 4.78 is 45.5. The summed E-state index contributed by atoms with van der Waals surface area (Å²) in [5.74, 6) is 0.246. The van der Waals surface area contributed by atoms with Crippen molar-refractivity contribution in [2.24, 2.45) is 5.41 Å². The van der Waals surface area contributed by atoms with Gasteiger partial charge >= 0.3 is 13.7 Å². The van der Waals surface area contributed by atoms with Gasteiger partial charge in [0.1, 0.15) is 29.6 Å². The fourth-order valence-electron chi connectivity index (χ4n) is 5.41. The SMILES string of the molecule is CCOc1nc(N)nc2c1ncn2C1O[C@H](COP(=O)(N[C@@H](CCSC)C(=O)OCC(C)(C)C)Oc2cccc3ccccc23)[C@@H](O)[C@@]1(C)O. The van der Waals surface area contributed by atoms with E-state index in [1.54, 1.807) is 19.1 Å². The van der Waals surface area contributed by atoms with Crippen LogP contribution in [0.15, 0.2) is 48.8 Å². The van der Waals surface area contributed by atoms with Crippen LogP contribution >= 0.6 is 19.5 Å². The van der Waals surface area contributed by atoms with Crippen molar-refractivity contribution in [1.29, 1.82) is 0 Å². The third-order valence-electron chi connectivity index (χ3n) is 7.93. The molecule has 2 aromatic heterocycles. The van der Waals surface area contributed by atoms with Crippen LogP contribution < -0.4 is 20.1 Å². The van der Waals surface area contributed by atoms with Gasteiger partial charge in [-0.05, 0) is 49.1 Å². The number of rotatable bonds is 15. The summed E-state index contributed by atoms with van der Waals surface area (Å²) in [6.45, 7) is 8.90. The van der Waals surface area contributed by atoms with Crippen LogP contribution in [0, 0.1) is 5.41 Å². The minimum absolute atomic E-state index is 0.0876. The van der Waals surface area contributed by atoms with Gasteiger partial charge in [-0.15, -0.1) is 0 Å². The molecule has 4 aromatic rings. The minimum Gasteiger partial charge on any atom is -0.476 e. The van der Waals surface area contributed by atoms with E-state index in [1.807, 2.05) is 57.4 Å². The van der Waals surface area contributed by atoms with E-state index in [2.05, 4.69) is 20.0 Å². The third kappa shape index (κ3) is 8.51. The zero-order valence-corrected chi connectivity index (χ0v) is 30.6. The average Bonchev–Trinajstić information content (AvgIpc) is 3.57. The predicted octanol–water partition coefficient (Wildman–Crippen LogP) is 4.47. The van der Waals surface area contributed by atoms with Crippen molar-refractivity contribution in [3.05, 3.63) is 48.8 Å². The molecular formula is C33H45N6O9PS. The summed E-state index contributed by atoms with van der Waals surface area (Å²) >= 11 is 1.51. The number of nitrogens with two attached hydrogens (primary N) is 1. The number of aromatic nitrogens is 4. The van der Waals surface area contributed by atoms with Gasteiger partial charge in [-0.1, -0.05) is 57.2 Å². The predicted molar refractivity (Wildman–Crippen MR) is 190 cm³/mol. The van der Waals surface area contributed by atoms with Gasteiger partial charge in [-0.3, -0.25) is 13.9 Å². The molecule has 2 aromatic carbocycles. The lowest BCUT2D eigenvalue weighted by molar-refractivity contribution is -0.148. The van der Waals surface area contributed by atoms with Crippen molar-refractivity contribution in [3.63, 3.8) is 0 Å². The zero-order valence-electron chi connectivity index (χ0n) is 28.9. The van der Waals surface area contributed by atoms with Crippen LogP contribution in [-0.2, 0) is 23.4 Å². The molecule has 0 spiro atoms. The van der Waals surface area contributed by atoms with Crippen LogP contribution in [0.5, 0.6) is 11.6 Å². The van der Waals surface area contributed by atoms with Crippen LogP contribution in [0.2, 0.25) is 0 Å². The summed E-state index contributed by atoms with van der Waals surface area (Å²) in [4.78, 5) is 26.0. The molecule has 1 saturated heterocycles. The second kappa shape index (κ2) is 15.4. The van der Waals surface area contributed by atoms with Crippen LogP contribution in [0.1, 0.15) is 47.3 Å². The normalized spacial score (nSPS) is 22.8. The maximum Gasteiger partial charge on any atom is 0.459 e. The van der Waals surface area contributed by atoms with E-state index >= 15 is 0 Å². The van der Waals surface area contributed by atoms with Gasteiger partial charge in [-0.2, -0.15) is 26.8 Å². The number of nitrogen functional groups attached to an aromatic ring is 1. The topological polar surface area (TPSA) is 202 Å². The Morgan fingerprint density at radius 1 is 1.22 bits per heavy atom. The van der Waals surface area contributed by atoms with Crippen LogP contribution in [-0.4, -0.2) is 91.4 Å². The number of aliphatic hydroxyl groups excluding tert-OH is 1. The molecule has 5 rings (SSSR count). The minimum atomic E-state index is -4.43. The maximum absolute atomic E-state index is 14.7. The highest BCUT2D eigenvalue weighted by Crippen LogP contribution is 2.49. The van der Waals surface area contributed by atoms with Gasteiger partial charge in [0.2, 0.25) is 11.8 Å². The van der Waals surface area contributed by atoms with Gasteiger partial charge in [-0.25, -0.2) is 9.55 Å². The lowest BCUT2D eigenvalue weighted by Gasteiger charge is -2.28. The van der Waals surface area contributed by atoms with Gasteiger partial charge in [0.05, 0.1) is 26.1 Å². The molecule has 15 nitrogen and oxygen atoms in total. The second-order valence-corrected chi connectivity index (χ2v) is 16.0. The number of esters is 1. The molecule has 0 bridgehead atoms. The number of carbonyl (C=O) groups is 1. The molecule has 17 heteroatoms. The summed E-state index contributed by atoms with van der Waals surface area (Å²) in [5.41, 5.74) is 4.21. The monoisotopic (exact) mass is 732 g/mol. The molecule has 3 heterocycles. The van der Waals surface area contributed by atoms with Crippen molar-refractivity contribution in [2.45, 2.75) is 71.1 Å². The number of nitrogens with one attached hydrogen (secondary N) is 1. The van der Waals surface area contributed by atoms with E-state index in [-0.39, 0.29) is 47.2 Å². The van der Waals surface area contributed by atoms with Gasteiger partial charge in [0.15, 0.2) is 17.4 Å². The van der Waals surface area contributed by atoms with E-state index in [4.69, 9.17) is 29.0 Å². The molecule has 1 aliphatic rings. The molecule has 0 saturated carbocycles. The average molecular weight is 733 g/mol. The highest BCUT2D eigenvalue weighted by atomic mass is 32.2. The van der Waals surface area contributed by atoms with E-state index < -0.39 is 50.4 Å². The van der Waals surface area contributed by atoms with Crippen LogP contribution in [0.3, 0.4) is 0 Å². The number of aliphatic hydroxyl groups is 2. The Kier molecular flexibility index (Phi) is 11.6. The smallest absolute Gasteiger partial charge is 0.459 e. The number of hydrogen-bond donors (Lipinski definition) is 4. The Morgan fingerprint density at radius 3 is 2.68 bits per heavy atom. The van der Waals surface area contributed by atoms with E-state index in [0.717, 1.165) is 5.39 Å².